The van der Waals surface area contributed by atoms with E-state index in [0.717, 1.165) is 11.1 Å². The van der Waals surface area contributed by atoms with Crippen molar-refractivity contribution in [2.24, 2.45) is 0 Å². The third kappa shape index (κ3) is 4.25. The molecular weight excluding hydrogens is 484 g/mol. The van der Waals surface area contributed by atoms with Crippen LogP contribution in [0.3, 0.4) is 0 Å². The molecule has 0 bridgehead atoms. The van der Waals surface area contributed by atoms with E-state index in [1.807, 2.05) is 32.0 Å². The summed E-state index contributed by atoms with van der Waals surface area (Å²) in [6.45, 7) is 5.07. The topological polar surface area (TPSA) is 151 Å². The van der Waals surface area contributed by atoms with Crippen LogP contribution in [0.4, 0.5) is 10.5 Å². The van der Waals surface area contributed by atoms with Crippen molar-refractivity contribution in [3.8, 4) is 22.6 Å². The van der Waals surface area contributed by atoms with E-state index >= 15 is 0 Å². The summed E-state index contributed by atoms with van der Waals surface area (Å²) in [6.07, 6.45) is 4.96. The highest BCUT2D eigenvalue weighted by molar-refractivity contribution is 6.06. The Hall–Kier alpha value is -5.00. The van der Waals surface area contributed by atoms with E-state index < -0.39 is 0 Å². The van der Waals surface area contributed by atoms with Gasteiger partial charge in [0, 0.05) is 50.7 Å². The summed E-state index contributed by atoms with van der Waals surface area (Å²) in [4.78, 5) is 41.9. The van der Waals surface area contributed by atoms with Crippen molar-refractivity contribution in [2.45, 2.75) is 13.8 Å². The van der Waals surface area contributed by atoms with Gasteiger partial charge in [-0.25, -0.2) is 19.4 Å². The summed E-state index contributed by atoms with van der Waals surface area (Å²) in [6, 6.07) is 8.87. The molecule has 5 aromatic rings. The maximum Gasteiger partial charge on any atom is 0.321 e. The van der Waals surface area contributed by atoms with Crippen molar-refractivity contribution in [3.05, 3.63) is 54.5 Å². The van der Waals surface area contributed by atoms with Crippen LogP contribution >= 0.6 is 0 Å². The van der Waals surface area contributed by atoms with Gasteiger partial charge in [-0.1, -0.05) is 6.07 Å². The Bertz CT molecular complexity index is 1670. The molecule has 3 amide bonds. The summed E-state index contributed by atoms with van der Waals surface area (Å²) in [7, 11) is 3.33. The lowest BCUT2D eigenvalue weighted by Crippen LogP contribution is -2.30. The number of nitrogens with one attached hydrogen (secondary N) is 2. The van der Waals surface area contributed by atoms with Gasteiger partial charge in [-0.15, -0.1) is 0 Å². The first-order valence-corrected chi connectivity index (χ1v) is 12.2. The summed E-state index contributed by atoms with van der Waals surface area (Å²) in [5.41, 5.74) is 4.77. The van der Waals surface area contributed by atoms with Crippen LogP contribution in [0.1, 0.15) is 24.2 Å². The number of benzene rings is 1. The highest BCUT2D eigenvalue weighted by Crippen LogP contribution is 2.31. The smallest absolute Gasteiger partial charge is 0.321 e. The second-order valence-electron chi connectivity index (χ2n) is 8.94. The first kappa shape index (κ1) is 24.7. The summed E-state index contributed by atoms with van der Waals surface area (Å²) in [5.74, 6) is 6.80. The maximum atomic E-state index is 13.1. The molecule has 5 rings (SSSR count). The van der Waals surface area contributed by atoms with Crippen molar-refractivity contribution >= 4 is 39.7 Å². The molecule has 0 saturated carbocycles. The van der Waals surface area contributed by atoms with E-state index in [9.17, 15) is 9.59 Å². The summed E-state index contributed by atoms with van der Waals surface area (Å²) < 4.78 is 1.45. The fraction of sp³-hybridized carbons (Fsp3) is 0.231. The molecular formula is C26H28N10O2. The maximum absolute atomic E-state index is 13.1. The van der Waals surface area contributed by atoms with Crippen LogP contribution < -0.4 is 11.2 Å². The number of imidazole rings is 1. The van der Waals surface area contributed by atoms with Crippen LogP contribution in [-0.2, 0) is 0 Å². The van der Waals surface area contributed by atoms with Gasteiger partial charge in [-0.2, -0.15) is 5.10 Å². The number of rotatable bonds is 6. The summed E-state index contributed by atoms with van der Waals surface area (Å²) in [5, 5.41) is 10.8. The lowest BCUT2D eigenvalue weighted by Gasteiger charge is -2.18. The molecule has 4 N–H and O–H groups in total. The second kappa shape index (κ2) is 9.81. The predicted octanol–water partition coefficient (Wildman–Crippen LogP) is 3.33. The van der Waals surface area contributed by atoms with Gasteiger partial charge in [0.2, 0.25) is 0 Å². The quantitative estimate of drug-likeness (QED) is 0.295. The minimum atomic E-state index is -0.254. The second-order valence-corrected chi connectivity index (χ2v) is 8.94. The molecule has 0 radical (unpaired) electrons. The molecule has 194 valence electrons. The number of amides is 3. The molecule has 0 aliphatic carbocycles. The average molecular weight is 513 g/mol. The van der Waals surface area contributed by atoms with Crippen molar-refractivity contribution in [1.82, 2.24) is 39.6 Å². The van der Waals surface area contributed by atoms with Gasteiger partial charge in [0.05, 0.1) is 28.4 Å². The molecule has 0 atom stereocenters. The fourth-order valence-corrected chi connectivity index (χ4v) is 4.28. The lowest BCUT2D eigenvalue weighted by atomic mass is 10.1. The van der Waals surface area contributed by atoms with Crippen molar-refractivity contribution in [1.29, 1.82) is 0 Å². The molecule has 0 fully saturated rings. The first-order chi connectivity index (χ1) is 18.3. The molecule has 4 heterocycles. The number of anilines is 1. The predicted molar refractivity (Wildman–Crippen MR) is 146 cm³/mol. The van der Waals surface area contributed by atoms with Gasteiger partial charge < -0.3 is 21.0 Å². The van der Waals surface area contributed by atoms with Gasteiger partial charge in [0.25, 0.3) is 5.91 Å². The van der Waals surface area contributed by atoms with Gasteiger partial charge >= 0.3 is 6.03 Å². The van der Waals surface area contributed by atoms with E-state index in [1.54, 1.807) is 49.7 Å². The third-order valence-electron chi connectivity index (χ3n) is 6.36. The number of aromatic nitrogens is 6. The molecule has 12 heteroatoms. The summed E-state index contributed by atoms with van der Waals surface area (Å²) >= 11 is 0. The van der Waals surface area contributed by atoms with Gasteiger partial charge in [-0.3, -0.25) is 14.9 Å². The first-order valence-electron chi connectivity index (χ1n) is 12.2. The number of para-hydroxylation sites is 1. The Labute approximate surface area is 218 Å². The number of nitrogen functional groups attached to an aromatic ring is 1. The molecule has 0 aliphatic rings. The monoisotopic (exact) mass is 512 g/mol. The highest BCUT2D eigenvalue weighted by Gasteiger charge is 2.22. The fourth-order valence-electron chi connectivity index (χ4n) is 4.28. The lowest BCUT2D eigenvalue weighted by molar-refractivity contribution is 0.0774. The Morgan fingerprint density at radius 3 is 2.58 bits per heavy atom. The molecule has 0 aliphatic heterocycles. The van der Waals surface area contributed by atoms with E-state index in [2.05, 4.69) is 25.5 Å². The van der Waals surface area contributed by atoms with Gasteiger partial charge in [-0.05, 0) is 38.1 Å². The molecule has 0 unspecified atom stereocenters. The van der Waals surface area contributed by atoms with Gasteiger partial charge in [0.15, 0.2) is 11.5 Å². The minimum Gasteiger partial charge on any atom is -0.339 e. The molecule has 0 saturated heterocycles. The normalized spacial score (nSPS) is 11.2. The Kier molecular flexibility index (Phi) is 6.37. The molecule has 4 aromatic heterocycles. The number of urea groups is 1. The number of nitrogens with two attached hydrogens (primary N) is 1. The largest absolute Gasteiger partial charge is 0.339 e. The van der Waals surface area contributed by atoms with Crippen LogP contribution in [-0.4, -0.2) is 78.7 Å². The molecule has 12 nitrogen and oxygen atoms in total. The van der Waals surface area contributed by atoms with Crippen LogP contribution in [0.15, 0.2) is 48.9 Å². The number of fused-ring (bicyclic) bond motifs is 2. The van der Waals surface area contributed by atoms with E-state index in [4.69, 9.17) is 10.8 Å². The SMILES string of the molecule is CCN(CC)C(=O)c1cccc2c1nc(-c1[nH]nc3ncc(-c4cncc(NC(=O)N(C)C)c4)cc13)n2N. The number of aromatic amines is 1. The Morgan fingerprint density at radius 1 is 1.08 bits per heavy atom. The number of hydrogen-bond acceptors (Lipinski definition) is 7. The third-order valence-corrected chi connectivity index (χ3v) is 6.36. The van der Waals surface area contributed by atoms with Crippen molar-refractivity contribution < 1.29 is 9.59 Å². The standard InChI is InChI=1S/C26H28N10O2/c1-5-35(6-2)25(37)18-8-7-9-20-21(18)31-24(36(20)27)22-19-11-16(13-29-23(19)33-32-22)15-10-17(14-28-12-15)30-26(38)34(3)4/h7-14H,5-6,27H2,1-4H3,(H,30,38)(H,29,32,33). The number of H-pyrrole nitrogens is 1. The molecule has 0 spiro atoms. The number of carbonyl (C=O) groups is 2. The minimum absolute atomic E-state index is 0.0996. The zero-order chi connectivity index (χ0) is 27.0. The Balaban J connectivity index is 1.58. The van der Waals surface area contributed by atoms with Gasteiger partial charge in [0.1, 0.15) is 11.2 Å². The Morgan fingerprint density at radius 2 is 1.84 bits per heavy atom. The zero-order valence-corrected chi connectivity index (χ0v) is 21.6. The van der Waals surface area contributed by atoms with Crippen molar-refractivity contribution in [3.63, 3.8) is 0 Å². The zero-order valence-electron chi connectivity index (χ0n) is 21.6. The number of nitrogens with zero attached hydrogens (tertiary/aromatic N) is 7. The number of pyridine rings is 2. The van der Waals surface area contributed by atoms with E-state index in [-0.39, 0.29) is 11.9 Å². The van der Waals surface area contributed by atoms with Crippen LogP contribution in [0, 0.1) is 0 Å². The van der Waals surface area contributed by atoms with Crippen LogP contribution in [0.25, 0.3) is 44.7 Å². The van der Waals surface area contributed by atoms with Crippen LogP contribution in [0.2, 0.25) is 0 Å². The molecule has 1 aromatic carbocycles. The van der Waals surface area contributed by atoms with E-state index in [1.165, 1.54) is 9.58 Å². The molecule has 38 heavy (non-hydrogen) atoms. The van der Waals surface area contributed by atoms with Crippen LogP contribution in [0.5, 0.6) is 0 Å². The average Bonchev–Trinajstić information content (AvgIpc) is 3.49. The number of hydrogen-bond donors (Lipinski definition) is 3. The number of carbonyl (C=O) groups excluding carboxylic acids is 2. The van der Waals surface area contributed by atoms with Crippen molar-refractivity contribution in [2.75, 3.05) is 38.3 Å². The van der Waals surface area contributed by atoms with E-state index in [0.29, 0.717) is 57.9 Å². The highest BCUT2D eigenvalue weighted by atomic mass is 16.2.